The van der Waals surface area contributed by atoms with E-state index in [1.54, 1.807) is 12.3 Å². The van der Waals surface area contributed by atoms with Crippen molar-refractivity contribution in [2.75, 3.05) is 17.2 Å². The minimum absolute atomic E-state index is 0.0344. The first-order valence-corrected chi connectivity index (χ1v) is 10.9. The second kappa shape index (κ2) is 8.42. The van der Waals surface area contributed by atoms with Gasteiger partial charge in [0, 0.05) is 37.7 Å². The van der Waals surface area contributed by atoms with Crippen LogP contribution in [0, 0.1) is 0 Å². The molecule has 12 heteroatoms. The van der Waals surface area contributed by atoms with E-state index in [9.17, 15) is 17.6 Å². The Kier molecular flexibility index (Phi) is 5.54. The second-order valence-electron chi connectivity index (χ2n) is 8.60. The molecule has 0 radical (unpaired) electrons. The van der Waals surface area contributed by atoms with E-state index in [-0.39, 0.29) is 42.3 Å². The third-order valence-electron chi connectivity index (χ3n) is 5.70. The molecular formula is C22H22F4N8. The van der Waals surface area contributed by atoms with Gasteiger partial charge < -0.3 is 16.0 Å². The summed E-state index contributed by atoms with van der Waals surface area (Å²) in [5.41, 5.74) is 1.21. The molecule has 0 aromatic carbocycles. The molecule has 3 aromatic rings. The highest BCUT2D eigenvalue weighted by Crippen LogP contribution is 2.39. The molecule has 4 heterocycles. The molecule has 34 heavy (non-hydrogen) atoms. The zero-order valence-electron chi connectivity index (χ0n) is 18.2. The minimum Gasteiger partial charge on any atom is -0.351 e. The van der Waals surface area contributed by atoms with Crippen LogP contribution in [0.25, 0.3) is 11.5 Å². The lowest BCUT2D eigenvalue weighted by molar-refractivity contribution is -0.0794. The summed E-state index contributed by atoms with van der Waals surface area (Å²) in [7, 11) is 0. The number of nitrogens with one attached hydrogen (secondary N) is 3. The fourth-order valence-corrected chi connectivity index (χ4v) is 3.75. The molecule has 5 rings (SSSR count). The first-order chi connectivity index (χ1) is 16.1. The number of hydrogen-bond acceptors (Lipinski definition) is 8. The summed E-state index contributed by atoms with van der Waals surface area (Å²) in [5, 5.41) is 9.24. The van der Waals surface area contributed by atoms with E-state index in [4.69, 9.17) is 0 Å². The first kappa shape index (κ1) is 22.4. The van der Waals surface area contributed by atoms with Crippen LogP contribution in [0.2, 0.25) is 0 Å². The standard InChI is InChI=1S/C22H22F4N8/c1-21(23,24)17-4-2-3-15(31-17)18-32-19(34-20(33-18)30-13-10-22(25,26)11-13)29-12-5-7-28-16(9-12)14-6-8-27-14/h2-5,7,9,13-14,27H,6,8,10-11H2,1H3,(H2,28,29,30,32,33,34). The van der Waals surface area contributed by atoms with Gasteiger partial charge in [0.2, 0.25) is 11.9 Å². The maximum atomic E-state index is 13.8. The van der Waals surface area contributed by atoms with Crippen molar-refractivity contribution >= 4 is 17.6 Å². The van der Waals surface area contributed by atoms with Gasteiger partial charge in [0.05, 0.1) is 11.7 Å². The molecule has 1 aliphatic heterocycles. The maximum absolute atomic E-state index is 13.8. The molecule has 1 saturated heterocycles. The van der Waals surface area contributed by atoms with Gasteiger partial charge in [-0.2, -0.15) is 23.7 Å². The van der Waals surface area contributed by atoms with Crippen LogP contribution in [0.3, 0.4) is 0 Å². The molecule has 178 valence electrons. The van der Waals surface area contributed by atoms with Crippen LogP contribution < -0.4 is 16.0 Å². The first-order valence-electron chi connectivity index (χ1n) is 10.9. The van der Waals surface area contributed by atoms with Crippen LogP contribution >= 0.6 is 0 Å². The van der Waals surface area contributed by atoms with Crippen molar-refractivity contribution in [2.24, 2.45) is 0 Å². The van der Waals surface area contributed by atoms with Crippen molar-refractivity contribution in [3.05, 3.63) is 47.9 Å². The lowest BCUT2D eigenvalue weighted by Gasteiger charge is -2.35. The SMILES string of the molecule is CC(F)(F)c1cccc(-c2nc(Nc3ccnc(C4CCN4)c3)nc(NC3CC(F)(F)C3)n2)n1. The van der Waals surface area contributed by atoms with Gasteiger partial charge in [-0.1, -0.05) is 6.07 Å². The Morgan fingerprint density at radius 1 is 1.06 bits per heavy atom. The van der Waals surface area contributed by atoms with Crippen LogP contribution in [0.1, 0.15) is 43.6 Å². The molecule has 3 aromatic heterocycles. The van der Waals surface area contributed by atoms with Crippen LogP contribution in [0.15, 0.2) is 36.5 Å². The third kappa shape index (κ3) is 4.91. The van der Waals surface area contributed by atoms with Gasteiger partial charge in [-0.15, -0.1) is 0 Å². The molecule has 8 nitrogen and oxygen atoms in total. The number of rotatable bonds is 7. The van der Waals surface area contributed by atoms with Gasteiger partial charge in [-0.25, -0.2) is 13.8 Å². The van der Waals surface area contributed by atoms with Gasteiger partial charge in [0.15, 0.2) is 5.82 Å². The van der Waals surface area contributed by atoms with Crippen molar-refractivity contribution in [3.8, 4) is 11.5 Å². The molecule has 1 atom stereocenters. The molecular weight excluding hydrogens is 452 g/mol. The van der Waals surface area contributed by atoms with E-state index in [2.05, 4.69) is 40.9 Å². The van der Waals surface area contributed by atoms with Gasteiger partial charge in [-0.3, -0.25) is 4.98 Å². The molecule has 0 amide bonds. The maximum Gasteiger partial charge on any atom is 0.286 e. The fourth-order valence-electron chi connectivity index (χ4n) is 3.75. The summed E-state index contributed by atoms with van der Waals surface area (Å²) in [6.45, 7) is 1.68. The average molecular weight is 474 g/mol. The van der Waals surface area contributed by atoms with Crippen LogP contribution in [-0.2, 0) is 5.92 Å². The molecule has 1 aliphatic carbocycles. The molecule has 1 saturated carbocycles. The molecule has 2 fully saturated rings. The zero-order valence-corrected chi connectivity index (χ0v) is 18.2. The largest absolute Gasteiger partial charge is 0.351 e. The Hall–Kier alpha value is -3.41. The van der Waals surface area contributed by atoms with Crippen molar-refractivity contribution in [1.82, 2.24) is 30.2 Å². The summed E-state index contributed by atoms with van der Waals surface area (Å²) in [6.07, 6.45) is 1.96. The van der Waals surface area contributed by atoms with Crippen molar-refractivity contribution in [2.45, 2.75) is 50.1 Å². The molecule has 3 N–H and O–H groups in total. The number of halogens is 4. The normalized spacial score (nSPS) is 19.7. The number of hydrogen-bond donors (Lipinski definition) is 3. The van der Waals surface area contributed by atoms with Gasteiger partial charge >= 0.3 is 0 Å². The highest BCUT2D eigenvalue weighted by Gasteiger charge is 2.45. The van der Waals surface area contributed by atoms with Gasteiger partial charge in [0.1, 0.15) is 11.4 Å². The van der Waals surface area contributed by atoms with E-state index >= 15 is 0 Å². The Balaban J connectivity index is 1.46. The predicted molar refractivity (Wildman–Crippen MR) is 117 cm³/mol. The molecule has 0 spiro atoms. The number of alkyl halides is 4. The second-order valence-corrected chi connectivity index (χ2v) is 8.60. The Morgan fingerprint density at radius 3 is 2.50 bits per heavy atom. The van der Waals surface area contributed by atoms with Crippen molar-refractivity contribution in [1.29, 1.82) is 0 Å². The number of pyridine rings is 2. The van der Waals surface area contributed by atoms with E-state index in [1.165, 1.54) is 18.2 Å². The van der Waals surface area contributed by atoms with Gasteiger partial charge in [-0.05, 0) is 37.2 Å². The van der Waals surface area contributed by atoms with Crippen molar-refractivity contribution < 1.29 is 17.6 Å². The molecule has 0 bridgehead atoms. The molecule has 2 aliphatic rings. The predicted octanol–water partition coefficient (Wildman–Crippen LogP) is 4.43. The lowest BCUT2D eigenvalue weighted by Crippen LogP contribution is -2.44. The summed E-state index contributed by atoms with van der Waals surface area (Å²) in [4.78, 5) is 21.3. The average Bonchev–Trinajstić information content (AvgIpc) is 2.71. The highest BCUT2D eigenvalue weighted by molar-refractivity contribution is 5.59. The van der Waals surface area contributed by atoms with Crippen LogP contribution in [0.5, 0.6) is 0 Å². The summed E-state index contributed by atoms with van der Waals surface area (Å²) in [5.74, 6) is -5.66. The number of aromatic nitrogens is 5. The van der Waals surface area contributed by atoms with E-state index in [0.717, 1.165) is 25.6 Å². The smallest absolute Gasteiger partial charge is 0.286 e. The minimum atomic E-state index is -3.15. The lowest BCUT2D eigenvalue weighted by atomic mass is 9.88. The monoisotopic (exact) mass is 474 g/mol. The Morgan fingerprint density at radius 2 is 1.82 bits per heavy atom. The highest BCUT2D eigenvalue weighted by atomic mass is 19.3. The summed E-state index contributed by atoms with van der Waals surface area (Å²) >= 11 is 0. The summed E-state index contributed by atoms with van der Waals surface area (Å²) in [6, 6.07) is 7.42. The Labute approximate surface area is 192 Å². The Bertz CT molecular complexity index is 1190. The van der Waals surface area contributed by atoms with E-state index in [1.807, 2.05) is 6.07 Å². The quantitative estimate of drug-likeness (QED) is 0.433. The van der Waals surface area contributed by atoms with E-state index < -0.39 is 23.6 Å². The number of anilines is 3. The topological polar surface area (TPSA) is 101 Å². The fraction of sp³-hybridized carbons (Fsp3) is 0.409. The van der Waals surface area contributed by atoms with Crippen LogP contribution in [0.4, 0.5) is 35.1 Å². The molecule has 1 unspecified atom stereocenters. The number of nitrogens with zero attached hydrogens (tertiary/aromatic N) is 5. The summed E-state index contributed by atoms with van der Waals surface area (Å²) < 4.78 is 54.2. The van der Waals surface area contributed by atoms with Crippen molar-refractivity contribution in [3.63, 3.8) is 0 Å². The zero-order chi connectivity index (χ0) is 23.9. The van der Waals surface area contributed by atoms with Gasteiger partial charge in [0.25, 0.3) is 11.8 Å². The van der Waals surface area contributed by atoms with Crippen LogP contribution in [-0.4, -0.2) is 43.4 Å². The van der Waals surface area contributed by atoms with E-state index in [0.29, 0.717) is 5.69 Å². The third-order valence-corrected chi connectivity index (χ3v) is 5.70.